The maximum absolute atomic E-state index is 13.5. The van der Waals surface area contributed by atoms with E-state index in [1.807, 2.05) is 12.1 Å². The summed E-state index contributed by atoms with van der Waals surface area (Å²) >= 11 is 0. The van der Waals surface area contributed by atoms with E-state index in [0.29, 0.717) is 17.4 Å². The van der Waals surface area contributed by atoms with Crippen LogP contribution in [0.5, 0.6) is 5.75 Å². The maximum atomic E-state index is 13.5. The van der Waals surface area contributed by atoms with Crippen LogP contribution in [0.3, 0.4) is 0 Å². The molecule has 0 radical (unpaired) electrons. The van der Waals surface area contributed by atoms with Gasteiger partial charge in [-0.25, -0.2) is 4.39 Å². The molecule has 2 unspecified atom stereocenters. The van der Waals surface area contributed by atoms with E-state index in [9.17, 15) is 4.39 Å². The Morgan fingerprint density at radius 2 is 2.24 bits per heavy atom. The van der Waals surface area contributed by atoms with Crippen molar-refractivity contribution in [2.75, 3.05) is 13.7 Å². The average molecular weight is 237 g/mol. The molecular weight excluding hydrogens is 217 g/mol. The van der Waals surface area contributed by atoms with Crippen LogP contribution in [0, 0.1) is 0 Å². The number of benzene rings is 1. The van der Waals surface area contributed by atoms with Gasteiger partial charge in [0.1, 0.15) is 11.9 Å². The van der Waals surface area contributed by atoms with Crippen LogP contribution in [0.1, 0.15) is 49.5 Å². The molecule has 1 saturated heterocycles. The molecule has 2 atom stereocenters. The van der Waals surface area contributed by atoms with Crippen LogP contribution in [0.4, 0.5) is 4.39 Å². The van der Waals surface area contributed by atoms with E-state index in [-0.39, 0.29) is 0 Å². The van der Waals surface area contributed by atoms with Crippen LogP contribution in [-0.4, -0.2) is 13.7 Å². The zero-order chi connectivity index (χ0) is 12.3. The summed E-state index contributed by atoms with van der Waals surface area (Å²) in [6, 6.07) is 6.06. The summed E-state index contributed by atoms with van der Waals surface area (Å²) in [6.45, 7) is 2.58. The van der Waals surface area contributed by atoms with Gasteiger partial charge < -0.3 is 10.1 Å². The molecule has 0 bridgehead atoms. The Morgan fingerprint density at radius 1 is 1.41 bits per heavy atom. The molecule has 0 amide bonds. The lowest BCUT2D eigenvalue weighted by atomic mass is 9.94. The molecule has 1 aromatic rings. The molecule has 1 N–H and O–H groups in total. The van der Waals surface area contributed by atoms with Crippen molar-refractivity contribution in [3.05, 3.63) is 29.3 Å². The lowest BCUT2D eigenvalue weighted by Crippen LogP contribution is -2.27. The number of hydrogen-bond acceptors (Lipinski definition) is 2. The molecule has 17 heavy (non-hydrogen) atoms. The SMILES string of the molecule is COc1c(C(C)F)cccc1C1CCCCN1. The van der Waals surface area contributed by atoms with Crippen LogP contribution in [0.2, 0.25) is 0 Å². The van der Waals surface area contributed by atoms with Crippen LogP contribution >= 0.6 is 0 Å². The number of nitrogens with one attached hydrogen (secondary N) is 1. The lowest BCUT2D eigenvalue weighted by molar-refractivity contribution is 0.335. The van der Waals surface area contributed by atoms with Crippen molar-refractivity contribution < 1.29 is 9.13 Å². The first kappa shape index (κ1) is 12.4. The van der Waals surface area contributed by atoms with Crippen molar-refractivity contribution in [1.82, 2.24) is 5.32 Å². The third-order valence-corrected chi connectivity index (χ3v) is 3.39. The summed E-state index contributed by atoms with van der Waals surface area (Å²) < 4.78 is 18.9. The molecule has 1 heterocycles. The number of halogens is 1. The molecule has 0 aromatic heterocycles. The Bertz CT molecular complexity index is 372. The van der Waals surface area contributed by atoms with Gasteiger partial charge in [-0.15, -0.1) is 0 Å². The predicted octanol–water partition coefficient (Wildman–Crippen LogP) is 3.54. The second kappa shape index (κ2) is 5.50. The fourth-order valence-electron chi connectivity index (χ4n) is 2.51. The largest absolute Gasteiger partial charge is 0.496 e. The normalized spacial score (nSPS) is 22.2. The predicted molar refractivity (Wildman–Crippen MR) is 67.1 cm³/mol. The fourth-order valence-corrected chi connectivity index (χ4v) is 2.51. The first-order valence-electron chi connectivity index (χ1n) is 6.28. The maximum Gasteiger partial charge on any atom is 0.129 e. The van der Waals surface area contributed by atoms with Gasteiger partial charge >= 0.3 is 0 Å². The van der Waals surface area contributed by atoms with Crippen LogP contribution in [0.25, 0.3) is 0 Å². The van der Waals surface area contributed by atoms with Gasteiger partial charge in [0.15, 0.2) is 0 Å². The Balaban J connectivity index is 2.35. The summed E-state index contributed by atoms with van der Waals surface area (Å²) in [5.74, 6) is 0.710. The summed E-state index contributed by atoms with van der Waals surface area (Å²) in [7, 11) is 1.62. The number of methoxy groups -OCH3 is 1. The molecule has 0 saturated carbocycles. The van der Waals surface area contributed by atoms with E-state index in [0.717, 1.165) is 18.5 Å². The second-order valence-electron chi connectivity index (χ2n) is 4.59. The van der Waals surface area contributed by atoms with Gasteiger partial charge in [-0.2, -0.15) is 0 Å². The van der Waals surface area contributed by atoms with E-state index in [4.69, 9.17) is 4.74 Å². The van der Waals surface area contributed by atoms with Gasteiger partial charge in [0, 0.05) is 17.2 Å². The number of para-hydroxylation sites is 1. The van der Waals surface area contributed by atoms with E-state index in [2.05, 4.69) is 5.32 Å². The zero-order valence-electron chi connectivity index (χ0n) is 10.5. The van der Waals surface area contributed by atoms with Crippen LogP contribution < -0.4 is 10.1 Å². The molecule has 2 rings (SSSR count). The average Bonchev–Trinajstić information content (AvgIpc) is 2.38. The third-order valence-electron chi connectivity index (χ3n) is 3.39. The topological polar surface area (TPSA) is 21.3 Å². The van der Waals surface area contributed by atoms with Gasteiger partial charge in [0.05, 0.1) is 7.11 Å². The highest BCUT2D eigenvalue weighted by molar-refractivity contribution is 5.44. The first-order chi connectivity index (χ1) is 8.24. The fraction of sp³-hybridized carbons (Fsp3) is 0.571. The van der Waals surface area contributed by atoms with Gasteiger partial charge in [-0.1, -0.05) is 24.6 Å². The van der Waals surface area contributed by atoms with Gasteiger partial charge in [0.25, 0.3) is 0 Å². The molecule has 1 fully saturated rings. The quantitative estimate of drug-likeness (QED) is 0.868. The Labute approximate surface area is 102 Å². The van der Waals surface area contributed by atoms with Crippen molar-refractivity contribution in [3.63, 3.8) is 0 Å². The van der Waals surface area contributed by atoms with Crippen LogP contribution in [-0.2, 0) is 0 Å². The number of ether oxygens (including phenoxy) is 1. The molecule has 0 spiro atoms. The summed E-state index contributed by atoms with van der Waals surface area (Å²) in [5.41, 5.74) is 1.74. The number of piperidine rings is 1. The highest BCUT2D eigenvalue weighted by atomic mass is 19.1. The van der Waals surface area contributed by atoms with E-state index >= 15 is 0 Å². The Kier molecular flexibility index (Phi) is 4.00. The van der Waals surface area contributed by atoms with Gasteiger partial charge in [0.2, 0.25) is 0 Å². The smallest absolute Gasteiger partial charge is 0.129 e. The highest BCUT2D eigenvalue weighted by Crippen LogP contribution is 2.36. The number of rotatable bonds is 3. The van der Waals surface area contributed by atoms with E-state index in [1.165, 1.54) is 12.8 Å². The standard InChI is InChI=1S/C14H20FNO/c1-10(15)11-6-5-7-12(14(11)17-2)13-8-3-4-9-16-13/h5-7,10,13,16H,3-4,8-9H2,1-2H3. The molecule has 1 aliphatic heterocycles. The van der Waals surface area contributed by atoms with Crippen molar-refractivity contribution in [2.45, 2.75) is 38.4 Å². The molecule has 1 aromatic carbocycles. The van der Waals surface area contributed by atoms with Gasteiger partial charge in [-0.05, 0) is 26.3 Å². The molecule has 1 aliphatic rings. The van der Waals surface area contributed by atoms with Crippen molar-refractivity contribution in [2.24, 2.45) is 0 Å². The Hall–Kier alpha value is -1.09. The highest BCUT2D eigenvalue weighted by Gasteiger charge is 2.21. The molecule has 3 heteroatoms. The van der Waals surface area contributed by atoms with Crippen molar-refractivity contribution >= 4 is 0 Å². The van der Waals surface area contributed by atoms with Crippen molar-refractivity contribution in [3.8, 4) is 5.75 Å². The number of alkyl halides is 1. The third kappa shape index (κ3) is 2.60. The molecule has 94 valence electrons. The number of hydrogen-bond donors (Lipinski definition) is 1. The Morgan fingerprint density at radius 3 is 2.82 bits per heavy atom. The molecule has 2 nitrogen and oxygen atoms in total. The summed E-state index contributed by atoms with van der Waals surface area (Å²) in [4.78, 5) is 0. The minimum Gasteiger partial charge on any atom is -0.496 e. The lowest BCUT2D eigenvalue weighted by Gasteiger charge is -2.26. The second-order valence-corrected chi connectivity index (χ2v) is 4.59. The summed E-state index contributed by atoms with van der Waals surface area (Å²) in [5, 5.41) is 3.47. The van der Waals surface area contributed by atoms with E-state index in [1.54, 1.807) is 20.1 Å². The van der Waals surface area contributed by atoms with Gasteiger partial charge in [-0.3, -0.25) is 0 Å². The van der Waals surface area contributed by atoms with Crippen molar-refractivity contribution in [1.29, 1.82) is 0 Å². The van der Waals surface area contributed by atoms with E-state index < -0.39 is 6.17 Å². The minimum atomic E-state index is -0.992. The zero-order valence-corrected chi connectivity index (χ0v) is 10.5. The minimum absolute atomic E-state index is 0.303. The van der Waals surface area contributed by atoms with Crippen LogP contribution in [0.15, 0.2) is 18.2 Å². The summed E-state index contributed by atoms with van der Waals surface area (Å²) in [6.07, 6.45) is 2.54. The first-order valence-corrected chi connectivity index (χ1v) is 6.28. The molecular formula is C14H20FNO. The monoisotopic (exact) mass is 237 g/mol. The molecule has 0 aliphatic carbocycles.